The average molecular weight is 438 g/mol. The zero-order valence-electron chi connectivity index (χ0n) is 18.4. The second-order valence-electron chi connectivity index (χ2n) is 7.63. The van der Waals surface area contributed by atoms with Gasteiger partial charge in [-0.2, -0.15) is 0 Å². The van der Waals surface area contributed by atoms with Crippen LogP contribution in [0.15, 0.2) is 42.5 Å². The van der Waals surface area contributed by atoms with Crippen molar-refractivity contribution in [2.45, 2.75) is 32.7 Å². The number of nitrogens with one attached hydrogen (secondary N) is 3. The summed E-state index contributed by atoms with van der Waals surface area (Å²) in [4.78, 5) is 51.1. The molecule has 3 N–H and O–H groups in total. The molecule has 0 bridgehead atoms. The van der Waals surface area contributed by atoms with Gasteiger partial charge >= 0.3 is 12.1 Å². The number of rotatable bonds is 6. The minimum Gasteiger partial charge on any atom is -0.497 e. The zero-order valence-corrected chi connectivity index (χ0v) is 18.4. The van der Waals surface area contributed by atoms with Crippen LogP contribution in [0.1, 0.15) is 30.0 Å². The van der Waals surface area contributed by atoms with Gasteiger partial charge in [0, 0.05) is 5.69 Å². The van der Waals surface area contributed by atoms with E-state index >= 15 is 0 Å². The summed E-state index contributed by atoms with van der Waals surface area (Å²) in [6.45, 7) is 4.95. The highest BCUT2D eigenvalue weighted by Gasteiger charge is 2.51. The molecule has 1 saturated heterocycles. The molecule has 9 heteroatoms. The smallest absolute Gasteiger partial charge is 0.325 e. The number of amides is 6. The number of ether oxygens (including phenoxy) is 1. The molecule has 6 amide bonds. The van der Waals surface area contributed by atoms with Crippen molar-refractivity contribution in [1.29, 1.82) is 0 Å². The number of carbonyl (C=O) groups excluding carboxylic acids is 4. The number of hydrogen-bond donors (Lipinski definition) is 3. The predicted molar refractivity (Wildman–Crippen MR) is 118 cm³/mol. The molecule has 1 heterocycles. The molecule has 1 atom stereocenters. The number of benzene rings is 2. The van der Waals surface area contributed by atoms with E-state index in [4.69, 9.17) is 4.74 Å². The van der Waals surface area contributed by atoms with Gasteiger partial charge < -0.3 is 15.4 Å². The number of aryl methyl sites for hydroxylation is 2. The van der Waals surface area contributed by atoms with Crippen molar-refractivity contribution in [3.63, 3.8) is 0 Å². The molecular weight excluding hydrogens is 412 g/mol. The van der Waals surface area contributed by atoms with Gasteiger partial charge in [0.05, 0.1) is 7.11 Å². The van der Waals surface area contributed by atoms with Crippen LogP contribution < -0.4 is 20.7 Å². The Labute approximate surface area is 186 Å². The zero-order chi connectivity index (χ0) is 23.5. The van der Waals surface area contributed by atoms with Crippen molar-refractivity contribution in [3.8, 4) is 5.75 Å². The minimum atomic E-state index is -1.29. The summed E-state index contributed by atoms with van der Waals surface area (Å²) in [5.74, 6) is -0.722. The first kappa shape index (κ1) is 22.8. The van der Waals surface area contributed by atoms with Crippen LogP contribution in [0.5, 0.6) is 5.75 Å². The first-order valence-electron chi connectivity index (χ1n) is 10.2. The number of carbonyl (C=O) groups is 4. The Hall–Kier alpha value is -3.88. The lowest BCUT2D eigenvalue weighted by Crippen LogP contribution is -2.46. The van der Waals surface area contributed by atoms with Crippen molar-refractivity contribution in [1.82, 2.24) is 15.5 Å². The van der Waals surface area contributed by atoms with Crippen LogP contribution in [0.4, 0.5) is 15.3 Å². The maximum absolute atomic E-state index is 13.1. The normalized spacial score (nSPS) is 17.7. The third-order valence-corrected chi connectivity index (χ3v) is 5.47. The van der Waals surface area contributed by atoms with Crippen LogP contribution >= 0.6 is 0 Å². The van der Waals surface area contributed by atoms with Crippen LogP contribution in [0.2, 0.25) is 0 Å². The lowest BCUT2D eigenvalue weighted by molar-refractivity contribution is -0.135. The molecule has 1 fully saturated rings. The predicted octanol–water partition coefficient (Wildman–Crippen LogP) is 2.82. The third kappa shape index (κ3) is 4.41. The van der Waals surface area contributed by atoms with E-state index < -0.39 is 36.0 Å². The molecule has 0 aromatic heterocycles. The Morgan fingerprint density at radius 3 is 2.38 bits per heavy atom. The van der Waals surface area contributed by atoms with Crippen molar-refractivity contribution in [2.75, 3.05) is 19.0 Å². The molecule has 32 heavy (non-hydrogen) atoms. The van der Waals surface area contributed by atoms with Gasteiger partial charge in [-0.05, 0) is 49.6 Å². The quantitative estimate of drug-likeness (QED) is 0.600. The number of urea groups is 2. The average Bonchev–Trinajstić information content (AvgIpc) is 3.00. The van der Waals surface area contributed by atoms with Crippen LogP contribution in [0.3, 0.4) is 0 Å². The highest BCUT2D eigenvalue weighted by Crippen LogP contribution is 2.33. The molecule has 1 aliphatic heterocycles. The molecule has 0 unspecified atom stereocenters. The second-order valence-corrected chi connectivity index (χ2v) is 7.63. The van der Waals surface area contributed by atoms with E-state index in [0.717, 1.165) is 16.0 Å². The second kappa shape index (κ2) is 9.09. The Bertz CT molecular complexity index is 1070. The summed E-state index contributed by atoms with van der Waals surface area (Å²) >= 11 is 0. The molecule has 0 saturated carbocycles. The van der Waals surface area contributed by atoms with Gasteiger partial charge in [-0.25, -0.2) is 9.59 Å². The Morgan fingerprint density at radius 2 is 1.78 bits per heavy atom. The largest absolute Gasteiger partial charge is 0.497 e. The van der Waals surface area contributed by atoms with Gasteiger partial charge in [-0.3, -0.25) is 19.8 Å². The van der Waals surface area contributed by atoms with E-state index in [1.54, 1.807) is 37.3 Å². The first-order chi connectivity index (χ1) is 15.2. The van der Waals surface area contributed by atoms with Crippen LogP contribution in [0.25, 0.3) is 0 Å². The third-order valence-electron chi connectivity index (χ3n) is 5.47. The van der Waals surface area contributed by atoms with E-state index in [0.29, 0.717) is 17.0 Å². The molecule has 2 aromatic carbocycles. The van der Waals surface area contributed by atoms with Gasteiger partial charge in [-0.15, -0.1) is 0 Å². The molecule has 0 aliphatic carbocycles. The van der Waals surface area contributed by atoms with Crippen LogP contribution in [-0.4, -0.2) is 42.4 Å². The van der Waals surface area contributed by atoms with Crippen LogP contribution in [0, 0.1) is 13.8 Å². The Morgan fingerprint density at radius 1 is 1.09 bits per heavy atom. The maximum Gasteiger partial charge on any atom is 0.325 e. The number of anilines is 1. The fraction of sp³-hybridized carbons (Fsp3) is 0.304. The molecule has 0 radical (unpaired) electrons. The van der Waals surface area contributed by atoms with E-state index in [2.05, 4.69) is 16.0 Å². The Kier molecular flexibility index (Phi) is 6.47. The van der Waals surface area contributed by atoms with E-state index in [1.807, 2.05) is 26.0 Å². The summed E-state index contributed by atoms with van der Waals surface area (Å²) in [5, 5.41) is 7.45. The fourth-order valence-electron chi connectivity index (χ4n) is 3.70. The minimum absolute atomic E-state index is 0.287. The molecular formula is C23H26N4O5. The number of nitrogens with zero attached hydrogens (tertiary/aromatic N) is 1. The summed E-state index contributed by atoms with van der Waals surface area (Å²) in [6, 6.07) is 10.8. The molecule has 168 valence electrons. The van der Waals surface area contributed by atoms with Crippen LogP contribution in [-0.2, 0) is 15.1 Å². The lowest BCUT2D eigenvalue weighted by Gasteiger charge is -2.25. The molecule has 9 nitrogen and oxygen atoms in total. The maximum atomic E-state index is 13.1. The van der Waals surface area contributed by atoms with E-state index in [1.165, 1.54) is 7.11 Å². The van der Waals surface area contributed by atoms with Crippen molar-refractivity contribution in [2.24, 2.45) is 0 Å². The van der Waals surface area contributed by atoms with Gasteiger partial charge in [0.2, 0.25) is 5.91 Å². The van der Waals surface area contributed by atoms with Gasteiger partial charge in [0.25, 0.3) is 5.91 Å². The summed E-state index contributed by atoms with van der Waals surface area (Å²) in [5.41, 5.74) is 1.73. The van der Waals surface area contributed by atoms with Crippen molar-refractivity contribution < 1.29 is 23.9 Å². The standard InChI is InChI=1S/C23H26N4O5/c1-5-23(16-7-9-17(32-4)10-8-16)20(29)27(22(31)26-23)13-19(28)25-21(30)24-18-11-6-14(2)12-15(18)3/h6-12H,5,13H2,1-4H3,(H,26,31)(H2,24,25,28,30)/t23-/m1/s1. The van der Waals surface area contributed by atoms with Gasteiger partial charge in [0.1, 0.15) is 17.8 Å². The number of hydrogen-bond acceptors (Lipinski definition) is 5. The topological polar surface area (TPSA) is 117 Å². The molecule has 2 aromatic rings. The van der Waals surface area contributed by atoms with Crippen molar-refractivity contribution in [3.05, 3.63) is 59.2 Å². The van der Waals surface area contributed by atoms with Gasteiger partial charge in [0.15, 0.2) is 0 Å². The first-order valence-corrected chi connectivity index (χ1v) is 10.2. The molecule has 0 spiro atoms. The highest BCUT2D eigenvalue weighted by molar-refractivity contribution is 6.11. The van der Waals surface area contributed by atoms with Gasteiger partial charge in [-0.1, -0.05) is 36.8 Å². The Balaban J connectivity index is 1.68. The number of methoxy groups -OCH3 is 1. The molecule has 1 aliphatic rings. The SMILES string of the molecule is CC[C@]1(c2ccc(OC)cc2)NC(=O)N(CC(=O)NC(=O)Nc2ccc(C)cc2C)C1=O. The van der Waals surface area contributed by atoms with E-state index in [-0.39, 0.29) is 6.42 Å². The van der Waals surface area contributed by atoms with E-state index in [9.17, 15) is 19.2 Å². The summed E-state index contributed by atoms with van der Waals surface area (Å²) in [7, 11) is 1.53. The summed E-state index contributed by atoms with van der Waals surface area (Å²) in [6.07, 6.45) is 0.287. The monoisotopic (exact) mass is 438 g/mol. The summed E-state index contributed by atoms with van der Waals surface area (Å²) < 4.78 is 5.14. The fourth-order valence-corrected chi connectivity index (χ4v) is 3.70. The lowest BCUT2D eigenvalue weighted by atomic mass is 9.87. The van der Waals surface area contributed by atoms with Crippen molar-refractivity contribution >= 4 is 29.6 Å². The number of imide groups is 2. The molecule has 3 rings (SSSR count). The highest BCUT2D eigenvalue weighted by atomic mass is 16.5.